The molecule has 20 heavy (non-hydrogen) atoms. The van der Waals surface area contributed by atoms with Crippen LogP contribution in [-0.4, -0.2) is 5.11 Å². The minimum Gasteiger partial charge on any atom is -0.508 e. The van der Waals surface area contributed by atoms with E-state index >= 15 is 0 Å². The standard InChI is InChI=1S/C19H18O/c1-15(11-12-17-7-4-3-5-8-17)13-18-9-6-10-19(14-18)16(2)20/h3-12,14,20H,1-2,13H2/b12-11+. The molecule has 0 unspecified atom stereocenters. The van der Waals surface area contributed by atoms with Crippen molar-refractivity contribution < 1.29 is 5.11 Å². The highest BCUT2D eigenvalue weighted by molar-refractivity contribution is 5.57. The van der Waals surface area contributed by atoms with Gasteiger partial charge in [0.25, 0.3) is 0 Å². The Bertz CT molecular complexity index is 636. The summed E-state index contributed by atoms with van der Waals surface area (Å²) in [5.74, 6) is 0.0947. The lowest BCUT2D eigenvalue weighted by Crippen LogP contribution is -1.89. The predicted octanol–water partition coefficient (Wildman–Crippen LogP) is 5.03. The maximum absolute atomic E-state index is 9.40. The van der Waals surface area contributed by atoms with Gasteiger partial charge in [0.1, 0.15) is 5.76 Å². The van der Waals surface area contributed by atoms with E-state index in [-0.39, 0.29) is 5.76 Å². The molecule has 2 rings (SSSR count). The zero-order valence-electron chi connectivity index (χ0n) is 11.4. The van der Waals surface area contributed by atoms with Gasteiger partial charge in [0.05, 0.1) is 0 Å². The average Bonchev–Trinajstić information content (AvgIpc) is 2.46. The van der Waals surface area contributed by atoms with Crippen LogP contribution in [0.3, 0.4) is 0 Å². The summed E-state index contributed by atoms with van der Waals surface area (Å²) in [5, 5.41) is 9.40. The van der Waals surface area contributed by atoms with E-state index in [4.69, 9.17) is 0 Å². The van der Waals surface area contributed by atoms with Crippen LogP contribution in [-0.2, 0) is 6.42 Å². The largest absolute Gasteiger partial charge is 0.508 e. The van der Waals surface area contributed by atoms with E-state index in [0.717, 1.165) is 28.7 Å². The molecule has 2 aromatic carbocycles. The Balaban J connectivity index is 2.03. The second kappa shape index (κ2) is 6.58. The third kappa shape index (κ3) is 3.99. The first-order valence-electron chi connectivity index (χ1n) is 6.53. The first-order chi connectivity index (χ1) is 9.65. The fourth-order valence-corrected chi connectivity index (χ4v) is 1.96. The fourth-order valence-electron chi connectivity index (χ4n) is 1.96. The van der Waals surface area contributed by atoms with E-state index in [2.05, 4.69) is 31.4 Å². The van der Waals surface area contributed by atoms with Crippen molar-refractivity contribution in [3.05, 3.63) is 96.1 Å². The van der Waals surface area contributed by atoms with Crippen molar-refractivity contribution in [3.63, 3.8) is 0 Å². The molecule has 0 aliphatic heterocycles. The van der Waals surface area contributed by atoms with Gasteiger partial charge in [0.2, 0.25) is 0 Å². The van der Waals surface area contributed by atoms with Gasteiger partial charge in [-0.15, -0.1) is 0 Å². The maximum atomic E-state index is 9.40. The van der Waals surface area contributed by atoms with Crippen molar-refractivity contribution in [2.75, 3.05) is 0 Å². The minimum atomic E-state index is 0.0947. The van der Waals surface area contributed by atoms with Crippen LogP contribution in [0.2, 0.25) is 0 Å². The molecule has 2 aromatic rings. The lowest BCUT2D eigenvalue weighted by Gasteiger charge is -2.04. The van der Waals surface area contributed by atoms with Crippen LogP contribution in [0.5, 0.6) is 0 Å². The van der Waals surface area contributed by atoms with Crippen LogP contribution in [0.1, 0.15) is 16.7 Å². The van der Waals surface area contributed by atoms with Crippen LogP contribution < -0.4 is 0 Å². The molecule has 1 nitrogen and oxygen atoms in total. The first kappa shape index (κ1) is 13.9. The van der Waals surface area contributed by atoms with Crippen LogP contribution in [0.25, 0.3) is 11.8 Å². The number of hydrogen-bond donors (Lipinski definition) is 1. The Hall–Kier alpha value is -2.54. The molecule has 0 atom stereocenters. The topological polar surface area (TPSA) is 20.2 Å². The predicted molar refractivity (Wildman–Crippen MR) is 86.4 cm³/mol. The van der Waals surface area contributed by atoms with Crippen LogP contribution in [0.4, 0.5) is 0 Å². The van der Waals surface area contributed by atoms with Crippen molar-refractivity contribution in [2.45, 2.75) is 6.42 Å². The average molecular weight is 262 g/mol. The highest BCUT2D eigenvalue weighted by Gasteiger charge is 1.99. The normalized spacial score (nSPS) is 10.6. The molecule has 0 bridgehead atoms. The summed E-state index contributed by atoms with van der Waals surface area (Å²) in [6, 6.07) is 17.9. The van der Waals surface area contributed by atoms with Crippen LogP contribution >= 0.6 is 0 Å². The summed E-state index contributed by atoms with van der Waals surface area (Å²) in [7, 11) is 0. The van der Waals surface area contributed by atoms with E-state index in [1.54, 1.807) is 0 Å². The molecule has 0 fully saturated rings. The van der Waals surface area contributed by atoms with E-state index in [1.807, 2.05) is 48.5 Å². The quantitative estimate of drug-likeness (QED) is 0.592. The molecule has 0 aliphatic carbocycles. The summed E-state index contributed by atoms with van der Waals surface area (Å²) in [6.07, 6.45) is 4.83. The van der Waals surface area contributed by atoms with Gasteiger partial charge in [-0.2, -0.15) is 0 Å². The lowest BCUT2D eigenvalue weighted by molar-refractivity contribution is 0.513. The Labute approximate surface area is 120 Å². The summed E-state index contributed by atoms with van der Waals surface area (Å²) in [5.41, 5.74) is 4.04. The van der Waals surface area contributed by atoms with Crippen molar-refractivity contribution in [3.8, 4) is 0 Å². The number of benzene rings is 2. The van der Waals surface area contributed by atoms with Gasteiger partial charge in [0.15, 0.2) is 0 Å². The second-order valence-electron chi connectivity index (χ2n) is 4.73. The van der Waals surface area contributed by atoms with E-state index in [0.29, 0.717) is 0 Å². The molecule has 1 N–H and O–H groups in total. The highest BCUT2D eigenvalue weighted by atomic mass is 16.3. The molecule has 0 radical (unpaired) electrons. The Morgan fingerprint density at radius 2 is 1.75 bits per heavy atom. The molecule has 0 aromatic heterocycles. The monoisotopic (exact) mass is 262 g/mol. The molecule has 0 spiro atoms. The maximum Gasteiger partial charge on any atom is 0.115 e. The van der Waals surface area contributed by atoms with Gasteiger partial charge in [-0.05, 0) is 23.6 Å². The molecule has 100 valence electrons. The second-order valence-corrected chi connectivity index (χ2v) is 4.73. The number of aliphatic hydroxyl groups is 1. The van der Waals surface area contributed by atoms with Crippen LogP contribution in [0.15, 0.2) is 79.4 Å². The van der Waals surface area contributed by atoms with Crippen molar-refractivity contribution in [1.82, 2.24) is 0 Å². The summed E-state index contributed by atoms with van der Waals surface area (Å²) < 4.78 is 0. The highest BCUT2D eigenvalue weighted by Crippen LogP contribution is 2.15. The van der Waals surface area contributed by atoms with Crippen LogP contribution in [0, 0.1) is 0 Å². The fraction of sp³-hybridized carbons (Fsp3) is 0.0526. The van der Waals surface area contributed by atoms with Crippen molar-refractivity contribution in [2.24, 2.45) is 0 Å². The molecule has 0 aliphatic rings. The minimum absolute atomic E-state index is 0.0947. The Morgan fingerprint density at radius 3 is 2.45 bits per heavy atom. The van der Waals surface area contributed by atoms with Gasteiger partial charge < -0.3 is 5.11 Å². The smallest absolute Gasteiger partial charge is 0.115 e. The van der Waals surface area contributed by atoms with Crippen molar-refractivity contribution in [1.29, 1.82) is 0 Å². The number of rotatable bonds is 5. The van der Waals surface area contributed by atoms with Gasteiger partial charge in [-0.3, -0.25) is 0 Å². The molecule has 0 saturated heterocycles. The third-order valence-electron chi connectivity index (χ3n) is 3.00. The van der Waals surface area contributed by atoms with Gasteiger partial charge >= 0.3 is 0 Å². The van der Waals surface area contributed by atoms with Gasteiger partial charge in [-0.1, -0.05) is 79.4 Å². The SMILES string of the molecule is C=C(/C=C/c1ccccc1)Cc1cccc(C(=C)O)c1. The molecular weight excluding hydrogens is 244 g/mol. The van der Waals surface area contributed by atoms with E-state index in [9.17, 15) is 5.11 Å². The third-order valence-corrected chi connectivity index (χ3v) is 3.00. The molecular formula is C19H18O. The van der Waals surface area contributed by atoms with Crippen molar-refractivity contribution >= 4 is 11.8 Å². The summed E-state index contributed by atoms with van der Waals surface area (Å²) in [6.45, 7) is 7.61. The summed E-state index contributed by atoms with van der Waals surface area (Å²) >= 11 is 0. The molecule has 1 heteroatoms. The molecule has 0 amide bonds. The van der Waals surface area contributed by atoms with E-state index < -0.39 is 0 Å². The van der Waals surface area contributed by atoms with E-state index in [1.165, 1.54) is 0 Å². The summed E-state index contributed by atoms with van der Waals surface area (Å²) in [4.78, 5) is 0. The Morgan fingerprint density at radius 1 is 1.00 bits per heavy atom. The number of allylic oxidation sites excluding steroid dienone is 2. The van der Waals surface area contributed by atoms with Gasteiger partial charge in [0, 0.05) is 5.56 Å². The first-order valence-corrected chi connectivity index (χ1v) is 6.53. The molecule has 0 heterocycles. The zero-order valence-corrected chi connectivity index (χ0v) is 11.4. The Kier molecular flexibility index (Phi) is 4.56. The molecule has 0 saturated carbocycles. The number of hydrogen-bond acceptors (Lipinski definition) is 1. The number of aliphatic hydroxyl groups excluding tert-OH is 1. The zero-order chi connectivity index (χ0) is 14.4. The van der Waals surface area contributed by atoms with Gasteiger partial charge in [-0.25, -0.2) is 0 Å². The lowest BCUT2D eigenvalue weighted by atomic mass is 10.0.